The molecule has 0 aromatic carbocycles. The van der Waals surface area contributed by atoms with Crippen molar-refractivity contribution in [1.82, 2.24) is 15.2 Å². The molecule has 2 rings (SSSR count). The zero-order valence-corrected chi connectivity index (χ0v) is 12.4. The minimum Gasteiger partial charge on any atom is -0.349 e. The Morgan fingerprint density at radius 1 is 1.58 bits per heavy atom. The Labute approximate surface area is 119 Å². The molecule has 1 aromatic heterocycles. The molecule has 1 fully saturated rings. The van der Waals surface area contributed by atoms with Crippen LogP contribution in [0.25, 0.3) is 0 Å². The Kier molecular flexibility index (Phi) is 4.42. The monoisotopic (exact) mass is 281 g/mol. The largest absolute Gasteiger partial charge is 0.349 e. The van der Waals surface area contributed by atoms with Crippen molar-refractivity contribution in [3.63, 3.8) is 0 Å². The molecule has 1 N–H and O–H groups in total. The molecule has 4 nitrogen and oxygen atoms in total. The van der Waals surface area contributed by atoms with E-state index in [1.807, 2.05) is 6.92 Å². The summed E-state index contributed by atoms with van der Waals surface area (Å²) in [5, 5.41) is 3.52. The number of aryl methyl sites for hydroxylation is 1. The molecule has 0 saturated carbocycles. The van der Waals surface area contributed by atoms with Gasteiger partial charge in [-0.3, -0.25) is 9.78 Å². The van der Waals surface area contributed by atoms with E-state index in [4.69, 9.17) is 11.6 Å². The van der Waals surface area contributed by atoms with Gasteiger partial charge < -0.3 is 10.2 Å². The average molecular weight is 282 g/mol. The van der Waals surface area contributed by atoms with Crippen LogP contribution in [0.3, 0.4) is 0 Å². The zero-order valence-electron chi connectivity index (χ0n) is 11.6. The van der Waals surface area contributed by atoms with Crippen molar-refractivity contribution < 1.29 is 4.79 Å². The fourth-order valence-electron chi connectivity index (χ4n) is 2.38. The van der Waals surface area contributed by atoms with Gasteiger partial charge in [0.05, 0.1) is 10.6 Å². The molecular formula is C14H20ClN3O. The summed E-state index contributed by atoms with van der Waals surface area (Å²) in [5.74, 6) is -0.126. The van der Waals surface area contributed by atoms with Crippen LogP contribution >= 0.6 is 11.6 Å². The summed E-state index contributed by atoms with van der Waals surface area (Å²) in [5.41, 5.74) is 1.27. The first-order chi connectivity index (χ1) is 8.97. The predicted molar refractivity (Wildman–Crippen MR) is 76.6 cm³/mol. The number of hydrogen-bond donors (Lipinski definition) is 1. The number of nitrogens with zero attached hydrogens (tertiary/aromatic N) is 2. The van der Waals surface area contributed by atoms with Crippen molar-refractivity contribution in [2.75, 3.05) is 13.6 Å². The predicted octanol–water partition coefficient (Wildman–Crippen LogP) is 2.26. The van der Waals surface area contributed by atoms with E-state index in [-0.39, 0.29) is 11.9 Å². The third-order valence-corrected chi connectivity index (χ3v) is 4.09. The van der Waals surface area contributed by atoms with Gasteiger partial charge in [-0.05, 0) is 39.8 Å². The second-order valence-corrected chi connectivity index (χ2v) is 5.74. The second-order valence-electron chi connectivity index (χ2n) is 5.33. The number of nitrogens with one attached hydrogen (secondary N) is 1. The highest BCUT2D eigenvalue weighted by molar-refractivity contribution is 6.33. The average Bonchev–Trinajstić information content (AvgIpc) is 2.33. The Morgan fingerprint density at radius 2 is 2.32 bits per heavy atom. The number of pyridine rings is 1. The highest BCUT2D eigenvalue weighted by atomic mass is 35.5. The molecular weight excluding hydrogens is 262 g/mol. The van der Waals surface area contributed by atoms with Gasteiger partial charge in [-0.25, -0.2) is 0 Å². The maximum absolute atomic E-state index is 12.2. The molecule has 1 amide bonds. The quantitative estimate of drug-likeness (QED) is 0.904. The first kappa shape index (κ1) is 14.3. The molecule has 2 unspecified atom stereocenters. The first-order valence-corrected chi connectivity index (χ1v) is 6.98. The lowest BCUT2D eigenvalue weighted by Gasteiger charge is -2.35. The minimum atomic E-state index is -0.126. The van der Waals surface area contributed by atoms with Gasteiger partial charge in [-0.2, -0.15) is 0 Å². The van der Waals surface area contributed by atoms with Gasteiger partial charge in [0, 0.05) is 30.5 Å². The van der Waals surface area contributed by atoms with Gasteiger partial charge in [0.15, 0.2) is 0 Å². The molecule has 19 heavy (non-hydrogen) atoms. The topological polar surface area (TPSA) is 45.2 Å². The van der Waals surface area contributed by atoms with Gasteiger partial charge in [0.2, 0.25) is 0 Å². The molecule has 104 valence electrons. The number of piperidine rings is 1. The third-order valence-electron chi connectivity index (χ3n) is 3.78. The maximum Gasteiger partial charge on any atom is 0.254 e. The van der Waals surface area contributed by atoms with Gasteiger partial charge in [0.25, 0.3) is 5.91 Å². The van der Waals surface area contributed by atoms with Gasteiger partial charge >= 0.3 is 0 Å². The van der Waals surface area contributed by atoms with E-state index in [1.54, 1.807) is 12.3 Å². The zero-order chi connectivity index (χ0) is 14.0. The summed E-state index contributed by atoms with van der Waals surface area (Å²) in [7, 11) is 2.11. The Balaban J connectivity index is 2.01. The lowest BCUT2D eigenvalue weighted by molar-refractivity contribution is 0.0896. The van der Waals surface area contributed by atoms with E-state index in [9.17, 15) is 4.79 Å². The van der Waals surface area contributed by atoms with Crippen LogP contribution in [0.15, 0.2) is 12.3 Å². The van der Waals surface area contributed by atoms with E-state index >= 15 is 0 Å². The van der Waals surface area contributed by atoms with Crippen molar-refractivity contribution in [3.05, 3.63) is 28.5 Å². The summed E-state index contributed by atoms with van der Waals surface area (Å²) in [6.07, 6.45) is 3.49. The van der Waals surface area contributed by atoms with Crippen molar-refractivity contribution in [2.45, 2.75) is 38.8 Å². The number of aromatic nitrogens is 1. The Bertz CT molecular complexity index is 478. The molecule has 1 aliphatic heterocycles. The number of hydrogen-bond acceptors (Lipinski definition) is 3. The number of likely N-dealkylation sites (tertiary alicyclic amines) is 1. The van der Waals surface area contributed by atoms with Crippen LogP contribution in [0.5, 0.6) is 0 Å². The molecule has 0 bridgehead atoms. The molecule has 1 saturated heterocycles. The van der Waals surface area contributed by atoms with Crippen LogP contribution < -0.4 is 5.32 Å². The van der Waals surface area contributed by atoms with E-state index in [1.165, 1.54) is 0 Å². The van der Waals surface area contributed by atoms with Gasteiger partial charge in [-0.1, -0.05) is 11.6 Å². The van der Waals surface area contributed by atoms with Crippen LogP contribution in [0, 0.1) is 6.92 Å². The highest BCUT2D eigenvalue weighted by Crippen LogP contribution is 2.18. The van der Waals surface area contributed by atoms with Crippen LogP contribution in [0.1, 0.15) is 35.8 Å². The second kappa shape index (κ2) is 5.88. The number of rotatable bonds is 2. The van der Waals surface area contributed by atoms with Crippen LogP contribution in [-0.4, -0.2) is 41.5 Å². The van der Waals surface area contributed by atoms with Crippen molar-refractivity contribution in [3.8, 4) is 0 Å². The van der Waals surface area contributed by atoms with E-state index < -0.39 is 0 Å². The Hall–Kier alpha value is -1.13. The fourth-order valence-corrected chi connectivity index (χ4v) is 2.67. The molecule has 0 spiro atoms. The first-order valence-electron chi connectivity index (χ1n) is 6.60. The molecule has 0 radical (unpaired) electrons. The number of halogens is 1. The summed E-state index contributed by atoms with van der Waals surface area (Å²) >= 11 is 6.08. The van der Waals surface area contributed by atoms with Crippen LogP contribution in [0.4, 0.5) is 0 Å². The number of amides is 1. The van der Waals surface area contributed by atoms with Gasteiger partial charge in [-0.15, -0.1) is 0 Å². The third kappa shape index (κ3) is 3.45. The molecule has 2 atom stereocenters. The highest BCUT2D eigenvalue weighted by Gasteiger charge is 2.24. The summed E-state index contributed by atoms with van der Waals surface area (Å²) in [4.78, 5) is 18.6. The normalized spacial score (nSPS) is 24.2. The van der Waals surface area contributed by atoms with Crippen molar-refractivity contribution in [1.29, 1.82) is 0 Å². The van der Waals surface area contributed by atoms with Crippen LogP contribution in [0.2, 0.25) is 5.02 Å². The molecule has 1 aromatic rings. The van der Waals surface area contributed by atoms with E-state index in [0.29, 0.717) is 16.6 Å². The van der Waals surface area contributed by atoms with Crippen molar-refractivity contribution >= 4 is 17.5 Å². The smallest absolute Gasteiger partial charge is 0.254 e. The lowest BCUT2D eigenvalue weighted by Crippen LogP contribution is -2.47. The summed E-state index contributed by atoms with van der Waals surface area (Å²) in [6.45, 7) is 5.04. The molecule has 0 aliphatic carbocycles. The van der Waals surface area contributed by atoms with Crippen LogP contribution in [-0.2, 0) is 0 Å². The Morgan fingerprint density at radius 3 is 2.95 bits per heavy atom. The van der Waals surface area contributed by atoms with E-state index in [0.717, 1.165) is 25.1 Å². The SMILES string of the molecule is Cc1cc(Cl)c(C(=O)NC2CCN(C)C(C)C2)cn1. The number of carbonyl (C=O) groups excluding carboxylic acids is 1. The van der Waals surface area contributed by atoms with Crippen molar-refractivity contribution in [2.24, 2.45) is 0 Å². The summed E-state index contributed by atoms with van der Waals surface area (Å²) < 4.78 is 0. The van der Waals surface area contributed by atoms with Gasteiger partial charge in [0.1, 0.15) is 0 Å². The summed E-state index contributed by atoms with van der Waals surface area (Å²) in [6, 6.07) is 2.43. The molecule has 2 heterocycles. The molecule has 5 heteroatoms. The van der Waals surface area contributed by atoms with E-state index in [2.05, 4.69) is 29.2 Å². The molecule has 1 aliphatic rings. The number of carbonyl (C=O) groups is 1. The fraction of sp³-hybridized carbons (Fsp3) is 0.571. The maximum atomic E-state index is 12.2. The lowest BCUT2D eigenvalue weighted by atomic mass is 9.98. The minimum absolute atomic E-state index is 0.126. The standard InChI is InChI=1S/C14H20ClN3O/c1-9-6-13(15)12(8-16-9)14(19)17-11-4-5-18(3)10(2)7-11/h6,8,10-11H,4-5,7H2,1-3H3,(H,17,19).